The molecule has 0 rings (SSSR count). The molecule has 0 aliphatic carbocycles. The SMILES string of the molecule is CC(C)=CCC/C(C)=C(\C)COP(=O)([O-])OP(=O)([O-])[O-]. The quantitative estimate of drug-likeness (QED) is 0.488. The van der Waals surface area contributed by atoms with Gasteiger partial charge in [-0.15, -0.1) is 0 Å². The van der Waals surface area contributed by atoms with E-state index in [1.165, 1.54) is 5.57 Å². The van der Waals surface area contributed by atoms with Crippen molar-refractivity contribution in [2.75, 3.05) is 6.61 Å². The molecule has 0 spiro atoms. The third-order valence-electron chi connectivity index (χ3n) is 2.44. The van der Waals surface area contributed by atoms with Gasteiger partial charge in [-0.3, -0.25) is 8.88 Å². The molecular formula is C11H19O7P2-3. The van der Waals surface area contributed by atoms with E-state index < -0.39 is 15.6 Å². The Bertz CT molecular complexity index is 471. The average Bonchev–Trinajstić information content (AvgIpc) is 2.22. The van der Waals surface area contributed by atoms with Gasteiger partial charge in [-0.05, 0) is 46.1 Å². The van der Waals surface area contributed by atoms with Gasteiger partial charge in [0, 0.05) is 0 Å². The Morgan fingerprint density at radius 3 is 2.05 bits per heavy atom. The third kappa shape index (κ3) is 10.5. The molecular weight excluding hydrogens is 306 g/mol. The standard InChI is InChI=1S/C11H22O7P2/c1-9(2)6-5-7-10(3)11(4)8-17-20(15,16)18-19(12,13)14/h6H,5,7-8H2,1-4H3,(H,15,16)(H2,12,13,14)/p-3/b11-10+. The van der Waals surface area contributed by atoms with E-state index in [9.17, 15) is 23.8 Å². The smallest absolute Gasteiger partial charge is 0.272 e. The lowest BCUT2D eigenvalue weighted by molar-refractivity contribution is -0.339. The van der Waals surface area contributed by atoms with Crippen LogP contribution < -0.4 is 14.7 Å². The minimum Gasteiger partial charge on any atom is -0.790 e. The molecule has 0 heterocycles. The summed E-state index contributed by atoms with van der Waals surface area (Å²) in [6, 6.07) is 0. The van der Waals surface area contributed by atoms with E-state index in [1.807, 2.05) is 26.8 Å². The predicted octanol–water partition coefficient (Wildman–Crippen LogP) is 1.40. The van der Waals surface area contributed by atoms with Crippen LogP contribution in [0.3, 0.4) is 0 Å². The number of rotatable bonds is 8. The van der Waals surface area contributed by atoms with E-state index in [-0.39, 0.29) is 6.61 Å². The van der Waals surface area contributed by atoms with Crippen molar-refractivity contribution < 1.29 is 32.6 Å². The van der Waals surface area contributed by atoms with Crippen LogP contribution >= 0.6 is 15.6 Å². The molecule has 0 aromatic heterocycles. The molecule has 1 unspecified atom stereocenters. The Morgan fingerprint density at radius 1 is 1.05 bits per heavy atom. The van der Waals surface area contributed by atoms with Crippen LogP contribution in [0, 0.1) is 0 Å². The van der Waals surface area contributed by atoms with Crippen LogP contribution in [0.4, 0.5) is 0 Å². The van der Waals surface area contributed by atoms with Gasteiger partial charge < -0.3 is 23.8 Å². The van der Waals surface area contributed by atoms with Crippen LogP contribution in [-0.4, -0.2) is 6.61 Å². The highest BCUT2D eigenvalue weighted by atomic mass is 31.3. The second-order valence-corrected chi connectivity index (χ2v) is 7.33. The Labute approximate surface area is 119 Å². The zero-order valence-corrected chi connectivity index (χ0v) is 13.7. The van der Waals surface area contributed by atoms with Gasteiger partial charge >= 0.3 is 0 Å². The van der Waals surface area contributed by atoms with Crippen LogP contribution in [0.5, 0.6) is 0 Å². The molecule has 20 heavy (non-hydrogen) atoms. The van der Waals surface area contributed by atoms with Gasteiger partial charge in [0.15, 0.2) is 0 Å². The van der Waals surface area contributed by atoms with E-state index >= 15 is 0 Å². The van der Waals surface area contributed by atoms with Crippen molar-refractivity contribution in [2.24, 2.45) is 0 Å². The fourth-order valence-electron chi connectivity index (χ4n) is 1.24. The lowest BCUT2D eigenvalue weighted by atomic mass is 10.1. The fourth-order valence-corrected chi connectivity index (χ4v) is 2.76. The lowest BCUT2D eigenvalue weighted by Crippen LogP contribution is -2.19. The zero-order chi connectivity index (χ0) is 16.0. The monoisotopic (exact) mass is 325 g/mol. The predicted molar refractivity (Wildman–Crippen MR) is 69.3 cm³/mol. The summed E-state index contributed by atoms with van der Waals surface area (Å²) < 4.78 is 29.0. The van der Waals surface area contributed by atoms with Crippen molar-refractivity contribution in [2.45, 2.75) is 40.5 Å². The summed E-state index contributed by atoms with van der Waals surface area (Å²) in [4.78, 5) is 31.5. The Hall–Kier alpha value is -0.260. The summed E-state index contributed by atoms with van der Waals surface area (Å²) in [6.07, 6.45) is 3.59. The van der Waals surface area contributed by atoms with E-state index in [0.29, 0.717) is 5.57 Å². The maximum atomic E-state index is 11.1. The van der Waals surface area contributed by atoms with Gasteiger partial charge in [0.1, 0.15) is 0 Å². The molecule has 0 aromatic carbocycles. The average molecular weight is 325 g/mol. The van der Waals surface area contributed by atoms with Crippen molar-refractivity contribution in [3.63, 3.8) is 0 Å². The molecule has 0 amide bonds. The first-order valence-electron chi connectivity index (χ1n) is 5.90. The van der Waals surface area contributed by atoms with Crippen LogP contribution in [0.25, 0.3) is 0 Å². The first kappa shape index (κ1) is 19.7. The number of hydrogen-bond donors (Lipinski definition) is 0. The topological polar surface area (TPSA) is 122 Å². The van der Waals surface area contributed by atoms with Crippen molar-refractivity contribution in [1.29, 1.82) is 0 Å². The van der Waals surface area contributed by atoms with Gasteiger partial charge in [0.2, 0.25) is 0 Å². The molecule has 0 saturated carbocycles. The molecule has 0 fully saturated rings. The molecule has 0 aromatic rings. The van der Waals surface area contributed by atoms with Gasteiger partial charge in [-0.2, -0.15) is 0 Å². The van der Waals surface area contributed by atoms with E-state index in [4.69, 9.17) is 0 Å². The largest absolute Gasteiger partial charge is 0.790 e. The molecule has 0 aliphatic heterocycles. The lowest BCUT2D eigenvalue weighted by Gasteiger charge is -2.35. The number of allylic oxidation sites excluding steroid dienone is 3. The molecule has 0 aliphatic rings. The summed E-state index contributed by atoms with van der Waals surface area (Å²) >= 11 is 0. The number of phosphoric acid groups is 2. The Morgan fingerprint density at radius 2 is 1.60 bits per heavy atom. The summed E-state index contributed by atoms with van der Waals surface area (Å²) in [5.74, 6) is 0. The minimum absolute atomic E-state index is 0.346. The van der Waals surface area contributed by atoms with Crippen LogP contribution in [0.15, 0.2) is 22.8 Å². The Kier molecular flexibility index (Phi) is 8.14. The van der Waals surface area contributed by atoms with Crippen molar-refractivity contribution in [1.82, 2.24) is 0 Å². The minimum atomic E-state index is -5.62. The second-order valence-electron chi connectivity index (χ2n) is 4.63. The molecule has 1 atom stereocenters. The molecule has 0 N–H and O–H groups in total. The maximum Gasteiger partial charge on any atom is 0.272 e. The maximum absolute atomic E-state index is 11.1. The van der Waals surface area contributed by atoms with Crippen LogP contribution in [-0.2, 0) is 18.0 Å². The molecule has 0 radical (unpaired) electrons. The van der Waals surface area contributed by atoms with E-state index in [2.05, 4.69) is 8.83 Å². The highest BCUT2D eigenvalue weighted by Gasteiger charge is 2.12. The van der Waals surface area contributed by atoms with Crippen molar-refractivity contribution in [3.8, 4) is 0 Å². The van der Waals surface area contributed by atoms with Crippen LogP contribution in [0.1, 0.15) is 40.5 Å². The number of phosphoric ester groups is 1. The highest BCUT2D eigenvalue weighted by Crippen LogP contribution is 2.50. The van der Waals surface area contributed by atoms with Gasteiger partial charge in [0.05, 0.1) is 14.4 Å². The second kappa shape index (κ2) is 8.25. The third-order valence-corrected chi connectivity index (χ3v) is 4.48. The van der Waals surface area contributed by atoms with Gasteiger partial charge in [-0.25, -0.2) is 0 Å². The summed E-state index contributed by atoms with van der Waals surface area (Å²) in [5.41, 5.74) is 2.75. The molecule has 9 heteroatoms. The van der Waals surface area contributed by atoms with E-state index in [0.717, 1.165) is 18.4 Å². The number of hydrogen-bond acceptors (Lipinski definition) is 7. The molecule has 0 bridgehead atoms. The zero-order valence-electron chi connectivity index (χ0n) is 12.0. The summed E-state index contributed by atoms with van der Waals surface area (Å²) in [5, 5.41) is 0. The van der Waals surface area contributed by atoms with E-state index in [1.54, 1.807) is 6.92 Å². The Balaban J connectivity index is 4.45. The van der Waals surface area contributed by atoms with Gasteiger partial charge in [0.25, 0.3) is 7.82 Å². The molecule has 118 valence electrons. The van der Waals surface area contributed by atoms with Gasteiger partial charge in [-0.1, -0.05) is 17.2 Å². The van der Waals surface area contributed by atoms with Crippen LogP contribution in [0.2, 0.25) is 0 Å². The first-order chi connectivity index (χ1) is 8.93. The summed E-state index contributed by atoms with van der Waals surface area (Å²) in [6.45, 7) is 7.09. The van der Waals surface area contributed by atoms with Crippen molar-refractivity contribution >= 4 is 15.6 Å². The normalized spacial score (nSPS) is 16.4. The first-order valence-corrected chi connectivity index (χ1v) is 8.82. The summed E-state index contributed by atoms with van der Waals surface area (Å²) in [7, 11) is -10.8. The highest BCUT2D eigenvalue weighted by molar-refractivity contribution is 7.58. The fraction of sp³-hybridized carbons (Fsp3) is 0.636. The molecule has 0 saturated heterocycles. The van der Waals surface area contributed by atoms with Crippen molar-refractivity contribution in [3.05, 3.63) is 22.8 Å². The molecule has 7 nitrogen and oxygen atoms in total.